The molecule has 0 spiro atoms. The van der Waals surface area contributed by atoms with E-state index in [0.29, 0.717) is 5.70 Å². The zero-order valence-electron chi connectivity index (χ0n) is 14.4. The van der Waals surface area contributed by atoms with Gasteiger partial charge in [0.1, 0.15) is 0 Å². The summed E-state index contributed by atoms with van der Waals surface area (Å²) in [5, 5.41) is 3.41. The van der Waals surface area contributed by atoms with E-state index in [1.807, 2.05) is 40.9 Å². The average Bonchev–Trinajstić information content (AvgIpc) is 3.16. The lowest BCUT2D eigenvalue weighted by Gasteiger charge is -2.12. The first kappa shape index (κ1) is 17.1. The van der Waals surface area contributed by atoms with Crippen LogP contribution in [0.1, 0.15) is 0 Å². The number of aromatic nitrogens is 3. The van der Waals surface area contributed by atoms with Crippen molar-refractivity contribution in [3.05, 3.63) is 89.4 Å². The number of aromatic amines is 1. The van der Waals surface area contributed by atoms with Crippen molar-refractivity contribution in [2.45, 2.75) is 0 Å². The molecule has 1 aliphatic rings. The van der Waals surface area contributed by atoms with Crippen molar-refractivity contribution in [1.82, 2.24) is 14.4 Å². The molecule has 0 aliphatic carbocycles. The van der Waals surface area contributed by atoms with Crippen molar-refractivity contribution in [3.63, 3.8) is 0 Å². The maximum absolute atomic E-state index is 11.7. The molecule has 6 nitrogen and oxygen atoms in total. The van der Waals surface area contributed by atoms with Crippen LogP contribution < -0.4 is 10.9 Å². The van der Waals surface area contributed by atoms with E-state index in [2.05, 4.69) is 32.9 Å². The molecule has 7 heteroatoms. The van der Waals surface area contributed by atoms with Gasteiger partial charge >= 0.3 is 0 Å². The number of nitrogens with one attached hydrogen (secondary N) is 2. The molecule has 0 bridgehead atoms. The molecule has 27 heavy (non-hydrogen) atoms. The van der Waals surface area contributed by atoms with E-state index >= 15 is 0 Å². The Hall–Kier alpha value is -3.32. The highest BCUT2D eigenvalue weighted by molar-refractivity contribution is 8.12. The maximum Gasteiger partial charge on any atom is 0.248 e. The predicted molar refractivity (Wildman–Crippen MR) is 112 cm³/mol. The number of fused-ring (bicyclic) bond motifs is 1. The maximum atomic E-state index is 11.7. The summed E-state index contributed by atoms with van der Waals surface area (Å²) in [5.74, 6) is 0.843. The zero-order valence-corrected chi connectivity index (χ0v) is 15.2. The van der Waals surface area contributed by atoms with Crippen molar-refractivity contribution < 1.29 is 0 Å². The second kappa shape index (κ2) is 7.51. The molecule has 0 radical (unpaired) electrons. The first-order valence-corrected chi connectivity index (χ1v) is 9.39. The zero-order chi connectivity index (χ0) is 18.6. The van der Waals surface area contributed by atoms with Crippen LogP contribution in [-0.4, -0.2) is 25.7 Å². The minimum Gasteiger partial charge on any atom is -0.352 e. The molecule has 0 unspecified atom stereocenters. The number of hydrogen-bond acceptors (Lipinski definition) is 5. The van der Waals surface area contributed by atoms with Crippen LogP contribution in [0.25, 0.3) is 16.9 Å². The number of H-pyrrole nitrogens is 1. The minimum absolute atomic E-state index is 0.138. The SMILES string of the molecule is C=C1/C=C(Nc2ccc(-c3cc[nH]c(=O)c3)n3ccnc23)\C=C/CSC=N1. The van der Waals surface area contributed by atoms with E-state index in [1.54, 1.807) is 35.8 Å². The van der Waals surface area contributed by atoms with Gasteiger partial charge < -0.3 is 10.3 Å². The highest BCUT2D eigenvalue weighted by atomic mass is 32.2. The number of allylic oxidation sites excluding steroid dienone is 2. The van der Waals surface area contributed by atoms with Crippen LogP contribution in [0, 0.1) is 0 Å². The molecule has 0 saturated heterocycles. The second-order valence-electron chi connectivity index (χ2n) is 5.88. The van der Waals surface area contributed by atoms with Crippen LogP contribution in [0.4, 0.5) is 5.69 Å². The molecular formula is C20H17N5OS. The van der Waals surface area contributed by atoms with Crippen molar-refractivity contribution in [1.29, 1.82) is 0 Å². The third-order valence-corrected chi connectivity index (χ3v) is 4.64. The van der Waals surface area contributed by atoms with E-state index in [1.165, 1.54) is 0 Å². The van der Waals surface area contributed by atoms with Crippen molar-refractivity contribution in [3.8, 4) is 11.3 Å². The topological polar surface area (TPSA) is 74.5 Å². The molecule has 0 saturated carbocycles. The Labute approximate surface area is 160 Å². The van der Waals surface area contributed by atoms with Crippen LogP contribution in [0.5, 0.6) is 0 Å². The van der Waals surface area contributed by atoms with Gasteiger partial charge in [-0.25, -0.2) is 4.98 Å². The summed E-state index contributed by atoms with van der Waals surface area (Å²) in [4.78, 5) is 23.1. The van der Waals surface area contributed by atoms with Gasteiger partial charge in [0.25, 0.3) is 0 Å². The Morgan fingerprint density at radius 1 is 1.30 bits per heavy atom. The lowest BCUT2D eigenvalue weighted by atomic mass is 10.1. The fourth-order valence-electron chi connectivity index (χ4n) is 2.83. The van der Waals surface area contributed by atoms with Gasteiger partial charge in [-0.1, -0.05) is 12.7 Å². The molecule has 3 aromatic heterocycles. The number of hydrogen-bond donors (Lipinski definition) is 2. The van der Waals surface area contributed by atoms with Gasteiger partial charge in [-0.05, 0) is 30.4 Å². The third kappa shape index (κ3) is 3.78. The second-order valence-corrected chi connectivity index (χ2v) is 6.76. The Kier molecular flexibility index (Phi) is 4.76. The number of nitrogens with zero attached hydrogens (tertiary/aromatic N) is 3. The van der Waals surface area contributed by atoms with E-state index in [0.717, 1.165) is 34.0 Å². The summed E-state index contributed by atoms with van der Waals surface area (Å²) in [7, 11) is 0. The Morgan fingerprint density at radius 3 is 3.11 bits per heavy atom. The number of pyridine rings is 2. The molecule has 1 aliphatic heterocycles. The van der Waals surface area contributed by atoms with Crippen molar-refractivity contribution in [2.75, 3.05) is 11.1 Å². The summed E-state index contributed by atoms with van der Waals surface area (Å²) >= 11 is 1.61. The normalized spacial score (nSPS) is 17.6. The van der Waals surface area contributed by atoms with Crippen LogP contribution in [-0.2, 0) is 0 Å². The Morgan fingerprint density at radius 2 is 2.22 bits per heavy atom. The average molecular weight is 375 g/mol. The Balaban J connectivity index is 1.75. The van der Waals surface area contributed by atoms with Crippen LogP contribution in [0.3, 0.4) is 0 Å². The smallest absolute Gasteiger partial charge is 0.248 e. The van der Waals surface area contributed by atoms with Crippen LogP contribution >= 0.6 is 11.8 Å². The first-order valence-electron chi connectivity index (χ1n) is 8.34. The predicted octanol–water partition coefficient (Wildman–Crippen LogP) is 3.83. The largest absolute Gasteiger partial charge is 0.352 e. The summed E-state index contributed by atoms with van der Waals surface area (Å²) in [5.41, 5.74) is 6.57. The minimum atomic E-state index is -0.138. The van der Waals surface area contributed by atoms with Crippen molar-refractivity contribution >= 4 is 28.6 Å². The quantitative estimate of drug-likeness (QED) is 0.730. The van der Waals surface area contributed by atoms with E-state index in [4.69, 9.17) is 0 Å². The van der Waals surface area contributed by atoms with Gasteiger partial charge in [0.2, 0.25) is 5.56 Å². The summed E-state index contributed by atoms with van der Waals surface area (Å²) in [6.07, 6.45) is 11.2. The molecule has 3 aromatic rings. The van der Waals surface area contributed by atoms with E-state index in [9.17, 15) is 4.79 Å². The fourth-order valence-corrected chi connectivity index (χ4v) is 3.33. The van der Waals surface area contributed by atoms with Crippen LogP contribution in [0.15, 0.2) is 88.8 Å². The molecule has 0 fully saturated rings. The fraction of sp³-hybridized carbons (Fsp3) is 0.0500. The number of anilines is 1. The Bertz CT molecular complexity index is 1150. The summed E-state index contributed by atoms with van der Waals surface area (Å²) in [6, 6.07) is 7.37. The van der Waals surface area contributed by atoms with Crippen molar-refractivity contribution in [2.24, 2.45) is 4.99 Å². The van der Waals surface area contributed by atoms with Gasteiger partial charge in [-0.15, -0.1) is 11.8 Å². The van der Waals surface area contributed by atoms with E-state index < -0.39 is 0 Å². The lowest BCUT2D eigenvalue weighted by molar-refractivity contribution is 1.17. The third-order valence-electron chi connectivity index (χ3n) is 4.00. The lowest BCUT2D eigenvalue weighted by Crippen LogP contribution is -2.05. The monoisotopic (exact) mass is 375 g/mol. The van der Waals surface area contributed by atoms with Gasteiger partial charge in [0.15, 0.2) is 5.65 Å². The molecule has 4 rings (SSSR count). The molecule has 4 heterocycles. The summed E-state index contributed by atoms with van der Waals surface area (Å²) in [6.45, 7) is 3.95. The first-order chi connectivity index (χ1) is 13.2. The molecular weight excluding hydrogens is 358 g/mol. The molecule has 2 N–H and O–H groups in total. The molecule has 0 atom stereocenters. The standard InChI is InChI=1S/C20H17N5OS/c1-14-11-16(3-2-10-27-13-23-14)24-17-4-5-18(25-9-8-22-20(17)25)15-6-7-21-19(26)12-15/h2-9,11-13,24H,1,10H2,(H,21,26)/b3-2-,16-11+,23-13?. The molecule has 0 aromatic carbocycles. The van der Waals surface area contributed by atoms with Gasteiger partial charge in [-0.3, -0.25) is 14.2 Å². The number of rotatable bonds is 3. The number of imidazole rings is 1. The number of aliphatic imine (C=N–C) groups is 1. The van der Waals surface area contributed by atoms with Crippen LogP contribution in [0.2, 0.25) is 0 Å². The molecule has 134 valence electrons. The summed E-state index contributed by atoms with van der Waals surface area (Å²) < 4.78 is 1.96. The van der Waals surface area contributed by atoms with Gasteiger partial charge in [-0.2, -0.15) is 0 Å². The van der Waals surface area contributed by atoms with E-state index in [-0.39, 0.29) is 5.56 Å². The van der Waals surface area contributed by atoms with Gasteiger partial charge in [0.05, 0.1) is 22.6 Å². The highest BCUT2D eigenvalue weighted by Gasteiger charge is 2.10. The van der Waals surface area contributed by atoms with Gasteiger partial charge in [0, 0.05) is 41.7 Å². The molecule has 0 amide bonds. The highest BCUT2D eigenvalue weighted by Crippen LogP contribution is 2.26. The number of thioether (sulfide) groups is 1.